The molecule has 0 fully saturated rings. The van der Waals surface area contributed by atoms with E-state index in [9.17, 15) is 4.79 Å². The summed E-state index contributed by atoms with van der Waals surface area (Å²) in [6.45, 7) is 4.19. The van der Waals surface area contributed by atoms with Gasteiger partial charge in [-0.15, -0.1) is 0 Å². The normalized spacial score (nSPS) is 12.2. The third kappa shape index (κ3) is 3.41. The summed E-state index contributed by atoms with van der Waals surface area (Å²) in [6.07, 6.45) is 1.63. The molecular weight excluding hydrogens is 236 g/mol. The highest BCUT2D eigenvalue weighted by Gasteiger charge is 2.19. The molecule has 1 amide bonds. The molecule has 98 valence electrons. The van der Waals surface area contributed by atoms with Crippen molar-refractivity contribution in [2.45, 2.75) is 19.9 Å². The van der Waals surface area contributed by atoms with Crippen LogP contribution in [-0.4, -0.2) is 10.9 Å². The smallest absolute Gasteiger partial charge is 0.270 e. The third-order valence-corrected chi connectivity index (χ3v) is 3.01. The Balaban J connectivity index is 2.17. The lowest BCUT2D eigenvalue weighted by atomic mass is 9.96. The number of carbonyl (C=O) groups is 1. The highest BCUT2D eigenvalue weighted by atomic mass is 16.1. The van der Waals surface area contributed by atoms with Gasteiger partial charge in [0.15, 0.2) is 0 Å². The van der Waals surface area contributed by atoms with Crippen molar-refractivity contribution in [1.29, 1.82) is 0 Å². The maximum absolute atomic E-state index is 12.2. The predicted molar refractivity (Wildman–Crippen MR) is 75.7 cm³/mol. The number of carbonyl (C=O) groups excluding carboxylic acids is 1. The van der Waals surface area contributed by atoms with Crippen LogP contribution < -0.4 is 5.32 Å². The first-order valence-electron chi connectivity index (χ1n) is 6.45. The van der Waals surface area contributed by atoms with Crippen LogP contribution in [0.3, 0.4) is 0 Å². The summed E-state index contributed by atoms with van der Waals surface area (Å²) < 4.78 is 0. The number of nitrogens with one attached hydrogen (secondary N) is 1. The molecule has 0 aliphatic heterocycles. The summed E-state index contributed by atoms with van der Waals surface area (Å²) in [6, 6.07) is 15.3. The Morgan fingerprint density at radius 1 is 1.05 bits per heavy atom. The predicted octanol–water partition coefficient (Wildman–Crippen LogP) is 3.21. The minimum atomic E-state index is -0.136. The number of amides is 1. The molecule has 1 aromatic heterocycles. The molecule has 1 atom stereocenters. The second-order valence-electron chi connectivity index (χ2n) is 4.82. The minimum Gasteiger partial charge on any atom is -0.344 e. The molecule has 2 aromatic rings. The fourth-order valence-corrected chi connectivity index (χ4v) is 2.01. The Bertz CT molecular complexity index is 523. The highest BCUT2D eigenvalue weighted by Crippen LogP contribution is 2.21. The zero-order chi connectivity index (χ0) is 13.7. The molecule has 0 unspecified atom stereocenters. The maximum Gasteiger partial charge on any atom is 0.270 e. The van der Waals surface area contributed by atoms with Crippen molar-refractivity contribution in [3.63, 3.8) is 0 Å². The Kier molecular flexibility index (Phi) is 4.29. The fourth-order valence-electron chi connectivity index (χ4n) is 2.01. The zero-order valence-corrected chi connectivity index (χ0v) is 11.2. The van der Waals surface area contributed by atoms with Crippen LogP contribution in [0.1, 0.15) is 35.9 Å². The molecule has 0 spiro atoms. The SMILES string of the molecule is CC(C)[C@@H](NC(=O)c1ccccn1)c1ccccc1. The van der Waals surface area contributed by atoms with E-state index in [4.69, 9.17) is 0 Å². The van der Waals surface area contributed by atoms with E-state index in [-0.39, 0.29) is 11.9 Å². The topological polar surface area (TPSA) is 42.0 Å². The van der Waals surface area contributed by atoms with Gasteiger partial charge in [0, 0.05) is 6.20 Å². The first-order chi connectivity index (χ1) is 9.18. The lowest BCUT2D eigenvalue weighted by Gasteiger charge is -2.22. The molecular formula is C16H18N2O. The van der Waals surface area contributed by atoms with E-state index >= 15 is 0 Å². The van der Waals surface area contributed by atoms with Gasteiger partial charge in [0.2, 0.25) is 0 Å². The van der Waals surface area contributed by atoms with Crippen molar-refractivity contribution in [2.24, 2.45) is 5.92 Å². The van der Waals surface area contributed by atoms with Crippen LogP contribution in [0.4, 0.5) is 0 Å². The summed E-state index contributed by atoms with van der Waals surface area (Å²) in [4.78, 5) is 16.2. The molecule has 0 radical (unpaired) electrons. The monoisotopic (exact) mass is 254 g/mol. The molecule has 0 aliphatic rings. The first kappa shape index (κ1) is 13.3. The maximum atomic E-state index is 12.2. The van der Waals surface area contributed by atoms with Crippen LogP contribution in [0.2, 0.25) is 0 Å². The molecule has 0 bridgehead atoms. The lowest BCUT2D eigenvalue weighted by molar-refractivity contribution is 0.0920. The number of aromatic nitrogens is 1. The Morgan fingerprint density at radius 2 is 1.74 bits per heavy atom. The van der Waals surface area contributed by atoms with Gasteiger partial charge in [-0.25, -0.2) is 0 Å². The van der Waals surface area contributed by atoms with E-state index < -0.39 is 0 Å². The number of pyridine rings is 1. The van der Waals surface area contributed by atoms with Crippen LogP contribution in [0.25, 0.3) is 0 Å². The van der Waals surface area contributed by atoms with E-state index in [1.807, 2.05) is 36.4 Å². The summed E-state index contributed by atoms with van der Waals surface area (Å²) in [5.74, 6) is 0.179. The third-order valence-electron chi connectivity index (χ3n) is 3.01. The Labute approximate surface area is 113 Å². The van der Waals surface area contributed by atoms with Crippen molar-refractivity contribution in [3.8, 4) is 0 Å². The molecule has 0 aliphatic carbocycles. The van der Waals surface area contributed by atoms with Gasteiger partial charge in [-0.2, -0.15) is 0 Å². The van der Waals surface area contributed by atoms with Crippen molar-refractivity contribution >= 4 is 5.91 Å². The second kappa shape index (κ2) is 6.14. The van der Waals surface area contributed by atoms with Gasteiger partial charge < -0.3 is 5.32 Å². The van der Waals surface area contributed by atoms with Gasteiger partial charge in [-0.05, 0) is 23.6 Å². The Hall–Kier alpha value is -2.16. The number of rotatable bonds is 4. The summed E-state index contributed by atoms with van der Waals surface area (Å²) in [5.41, 5.74) is 1.56. The minimum absolute atomic E-state index is 0.00398. The number of nitrogens with zero attached hydrogens (tertiary/aromatic N) is 1. The van der Waals surface area contributed by atoms with E-state index in [1.165, 1.54) is 0 Å². The zero-order valence-electron chi connectivity index (χ0n) is 11.2. The second-order valence-corrected chi connectivity index (χ2v) is 4.82. The number of hydrogen-bond donors (Lipinski definition) is 1. The molecule has 3 nitrogen and oxygen atoms in total. The van der Waals surface area contributed by atoms with Crippen molar-refractivity contribution in [2.75, 3.05) is 0 Å². The number of hydrogen-bond acceptors (Lipinski definition) is 2. The van der Waals surface area contributed by atoms with Crippen LogP contribution in [-0.2, 0) is 0 Å². The average molecular weight is 254 g/mol. The highest BCUT2D eigenvalue weighted by molar-refractivity contribution is 5.92. The molecule has 1 aromatic carbocycles. The van der Waals surface area contributed by atoms with Crippen molar-refractivity contribution < 1.29 is 4.79 Å². The quantitative estimate of drug-likeness (QED) is 0.910. The molecule has 0 saturated carbocycles. The van der Waals surface area contributed by atoms with Crippen molar-refractivity contribution in [1.82, 2.24) is 10.3 Å². The standard InChI is InChI=1S/C16H18N2O/c1-12(2)15(13-8-4-3-5-9-13)18-16(19)14-10-6-7-11-17-14/h3-12,15H,1-2H3,(H,18,19)/t15-/m1/s1. The molecule has 0 saturated heterocycles. The first-order valence-corrected chi connectivity index (χ1v) is 6.45. The van der Waals surface area contributed by atoms with Gasteiger partial charge in [-0.3, -0.25) is 9.78 Å². The summed E-state index contributed by atoms with van der Waals surface area (Å²) >= 11 is 0. The van der Waals surface area contributed by atoms with Crippen LogP contribution in [0.5, 0.6) is 0 Å². The molecule has 1 heterocycles. The van der Waals surface area contributed by atoms with E-state index in [0.717, 1.165) is 5.56 Å². The van der Waals surface area contributed by atoms with Crippen molar-refractivity contribution in [3.05, 3.63) is 66.0 Å². The van der Waals surface area contributed by atoms with Crippen LogP contribution in [0.15, 0.2) is 54.7 Å². The molecule has 3 heteroatoms. The van der Waals surface area contributed by atoms with Gasteiger partial charge in [0.05, 0.1) is 6.04 Å². The van der Waals surface area contributed by atoms with Gasteiger partial charge >= 0.3 is 0 Å². The van der Waals surface area contributed by atoms with E-state index in [1.54, 1.807) is 18.3 Å². The van der Waals surface area contributed by atoms with Crippen LogP contribution in [0, 0.1) is 5.92 Å². The van der Waals surface area contributed by atoms with E-state index in [2.05, 4.69) is 24.1 Å². The summed E-state index contributed by atoms with van der Waals surface area (Å²) in [7, 11) is 0. The van der Waals surface area contributed by atoms with Gasteiger partial charge in [0.25, 0.3) is 5.91 Å². The largest absolute Gasteiger partial charge is 0.344 e. The Morgan fingerprint density at radius 3 is 2.32 bits per heavy atom. The lowest BCUT2D eigenvalue weighted by Crippen LogP contribution is -2.32. The van der Waals surface area contributed by atoms with Gasteiger partial charge in [-0.1, -0.05) is 50.2 Å². The fraction of sp³-hybridized carbons (Fsp3) is 0.250. The summed E-state index contributed by atoms with van der Waals surface area (Å²) in [5, 5.41) is 3.05. The average Bonchev–Trinajstić information content (AvgIpc) is 2.46. The number of benzene rings is 1. The van der Waals surface area contributed by atoms with Gasteiger partial charge in [0.1, 0.15) is 5.69 Å². The molecule has 19 heavy (non-hydrogen) atoms. The molecule has 2 rings (SSSR count). The molecule has 1 N–H and O–H groups in total. The van der Waals surface area contributed by atoms with E-state index in [0.29, 0.717) is 11.6 Å². The van der Waals surface area contributed by atoms with Crippen LogP contribution >= 0.6 is 0 Å².